The molecule has 0 atom stereocenters. The number of allylic oxidation sites excluding steroid dienone is 2. The highest BCUT2D eigenvalue weighted by molar-refractivity contribution is 5.93. The van der Waals surface area contributed by atoms with Gasteiger partial charge in [0.05, 0.1) is 23.3 Å². The van der Waals surface area contributed by atoms with E-state index in [1.165, 1.54) is 0 Å². The van der Waals surface area contributed by atoms with Gasteiger partial charge in [0.2, 0.25) is 0 Å². The summed E-state index contributed by atoms with van der Waals surface area (Å²) in [6.07, 6.45) is 3.79. The summed E-state index contributed by atoms with van der Waals surface area (Å²) in [5, 5.41) is 20.2. The summed E-state index contributed by atoms with van der Waals surface area (Å²) in [6.45, 7) is 0. The minimum Gasteiger partial charge on any atom is -0.311 e. The molecule has 0 heterocycles. The Balaban J connectivity index is 1.10. The molecule has 0 unspecified atom stereocenters. The highest BCUT2D eigenvalue weighted by atomic mass is 15.1. The van der Waals surface area contributed by atoms with Crippen LogP contribution in [0.25, 0.3) is 23.3 Å². The molecule has 0 aliphatic heterocycles. The SMILES string of the molecule is N#CC(=Cc1ccc(N(c2ccccc2)c2ccccc2)cc1)c1ccc(C(C#N)=Cc2ccc(N(c3ccccc3)c3ccccc3)cc2)cc1. The Morgan fingerprint density at radius 2 is 0.577 bits per heavy atom. The molecule has 7 rings (SSSR count). The largest absolute Gasteiger partial charge is 0.311 e. The molecule has 7 aromatic carbocycles. The van der Waals surface area contributed by atoms with E-state index in [-0.39, 0.29) is 0 Å². The summed E-state index contributed by atoms with van der Waals surface area (Å²) in [5.74, 6) is 0. The van der Waals surface area contributed by atoms with Gasteiger partial charge in [-0.05, 0) is 107 Å². The Morgan fingerprint density at radius 1 is 0.327 bits per heavy atom. The maximum absolute atomic E-state index is 10.1. The van der Waals surface area contributed by atoms with Gasteiger partial charge in [0, 0.05) is 34.1 Å². The highest BCUT2D eigenvalue weighted by Gasteiger charge is 2.13. The minimum atomic E-state index is 0.543. The van der Waals surface area contributed by atoms with Crippen molar-refractivity contribution in [2.75, 3.05) is 9.80 Å². The number of nitriles is 2. The van der Waals surface area contributed by atoms with Crippen molar-refractivity contribution < 1.29 is 0 Å². The van der Waals surface area contributed by atoms with Crippen LogP contribution in [0.4, 0.5) is 34.1 Å². The Morgan fingerprint density at radius 3 is 0.827 bits per heavy atom. The molecule has 4 nitrogen and oxygen atoms in total. The van der Waals surface area contributed by atoms with Crippen molar-refractivity contribution in [3.05, 3.63) is 216 Å². The first kappa shape index (κ1) is 33.1. The molecule has 7 aromatic rings. The molecule has 0 saturated carbocycles. The molecule has 0 bridgehead atoms. The molecule has 0 aliphatic carbocycles. The Hall–Kier alpha value is -7.40. The van der Waals surface area contributed by atoms with Crippen molar-refractivity contribution in [2.24, 2.45) is 0 Å². The van der Waals surface area contributed by atoms with Gasteiger partial charge in [0.25, 0.3) is 0 Å². The lowest BCUT2D eigenvalue weighted by molar-refractivity contribution is 1.28. The second-order valence-electron chi connectivity index (χ2n) is 12.1. The molecular formula is C48H34N4. The second-order valence-corrected chi connectivity index (χ2v) is 12.1. The zero-order valence-corrected chi connectivity index (χ0v) is 28.4. The molecule has 4 heteroatoms. The molecule has 0 N–H and O–H groups in total. The number of hydrogen-bond acceptors (Lipinski definition) is 4. The van der Waals surface area contributed by atoms with E-state index in [2.05, 4.69) is 94.7 Å². The number of anilines is 6. The molecule has 0 spiro atoms. The van der Waals surface area contributed by atoms with Crippen LogP contribution in [0.15, 0.2) is 194 Å². The predicted octanol–water partition coefficient (Wildman–Crippen LogP) is 12.8. The monoisotopic (exact) mass is 666 g/mol. The van der Waals surface area contributed by atoms with Crippen LogP contribution in [-0.2, 0) is 0 Å². The van der Waals surface area contributed by atoms with Gasteiger partial charge in [-0.2, -0.15) is 10.5 Å². The summed E-state index contributed by atoms with van der Waals surface area (Å²) < 4.78 is 0. The van der Waals surface area contributed by atoms with E-state index in [1.807, 2.05) is 133 Å². The Bertz CT molecular complexity index is 2120. The fraction of sp³-hybridized carbons (Fsp3) is 0. The van der Waals surface area contributed by atoms with Gasteiger partial charge in [0.15, 0.2) is 0 Å². The normalized spacial score (nSPS) is 11.3. The predicted molar refractivity (Wildman–Crippen MR) is 216 cm³/mol. The number of para-hydroxylation sites is 4. The maximum atomic E-state index is 10.1. The number of nitrogens with zero attached hydrogens (tertiary/aromatic N) is 4. The summed E-state index contributed by atoms with van der Waals surface area (Å²) >= 11 is 0. The lowest BCUT2D eigenvalue weighted by atomic mass is 9.98. The summed E-state index contributed by atoms with van der Waals surface area (Å²) in [4.78, 5) is 4.41. The average molecular weight is 667 g/mol. The zero-order chi connectivity index (χ0) is 35.5. The van der Waals surface area contributed by atoms with E-state index in [0.29, 0.717) is 11.1 Å². The standard InChI is InChI=1S/C48H34N4/c49-35-41(33-37-21-29-47(30-22-37)51(43-13-5-1-6-14-43)44-15-7-2-8-16-44)39-25-27-40(28-26-39)42(36-50)34-38-23-31-48(32-24-38)52(45-17-9-3-10-18-45)46-19-11-4-12-20-46/h1-34H. The molecular weight excluding hydrogens is 633 g/mol. The molecule has 0 fully saturated rings. The van der Waals surface area contributed by atoms with Gasteiger partial charge < -0.3 is 9.80 Å². The van der Waals surface area contributed by atoms with Crippen LogP contribution < -0.4 is 9.80 Å². The van der Waals surface area contributed by atoms with Crippen LogP contribution in [0.3, 0.4) is 0 Å². The van der Waals surface area contributed by atoms with Crippen molar-refractivity contribution in [1.82, 2.24) is 0 Å². The lowest BCUT2D eigenvalue weighted by Crippen LogP contribution is -2.09. The molecule has 52 heavy (non-hydrogen) atoms. The van der Waals surface area contributed by atoms with Crippen molar-refractivity contribution in [3.63, 3.8) is 0 Å². The van der Waals surface area contributed by atoms with E-state index in [0.717, 1.165) is 56.4 Å². The summed E-state index contributed by atoms with van der Waals surface area (Å²) in [5.41, 5.74) is 10.8. The van der Waals surface area contributed by atoms with Gasteiger partial charge in [0.1, 0.15) is 0 Å². The third-order valence-corrected chi connectivity index (χ3v) is 8.73. The van der Waals surface area contributed by atoms with E-state index in [4.69, 9.17) is 0 Å². The number of hydrogen-bond donors (Lipinski definition) is 0. The maximum Gasteiger partial charge on any atom is 0.0998 e. The molecule has 0 saturated heterocycles. The van der Waals surface area contributed by atoms with E-state index >= 15 is 0 Å². The van der Waals surface area contributed by atoms with Gasteiger partial charge in [-0.1, -0.05) is 121 Å². The first-order valence-corrected chi connectivity index (χ1v) is 17.1. The van der Waals surface area contributed by atoms with E-state index in [9.17, 15) is 10.5 Å². The minimum absolute atomic E-state index is 0.543. The van der Waals surface area contributed by atoms with Crippen LogP contribution in [-0.4, -0.2) is 0 Å². The quantitative estimate of drug-likeness (QED) is 0.108. The van der Waals surface area contributed by atoms with Crippen molar-refractivity contribution in [1.29, 1.82) is 10.5 Å². The van der Waals surface area contributed by atoms with E-state index in [1.54, 1.807) is 0 Å². The fourth-order valence-corrected chi connectivity index (χ4v) is 6.16. The number of benzene rings is 7. The van der Waals surface area contributed by atoms with Gasteiger partial charge >= 0.3 is 0 Å². The van der Waals surface area contributed by atoms with Crippen molar-refractivity contribution >= 4 is 57.4 Å². The fourth-order valence-electron chi connectivity index (χ4n) is 6.16. The van der Waals surface area contributed by atoms with Crippen molar-refractivity contribution in [2.45, 2.75) is 0 Å². The van der Waals surface area contributed by atoms with E-state index < -0.39 is 0 Å². The topological polar surface area (TPSA) is 54.1 Å². The molecule has 246 valence electrons. The van der Waals surface area contributed by atoms with Crippen LogP contribution in [0.2, 0.25) is 0 Å². The lowest BCUT2D eigenvalue weighted by Gasteiger charge is -2.25. The van der Waals surface area contributed by atoms with Gasteiger partial charge in [-0.15, -0.1) is 0 Å². The Kier molecular flexibility index (Phi) is 10.1. The van der Waals surface area contributed by atoms with Gasteiger partial charge in [-0.25, -0.2) is 0 Å². The first-order chi connectivity index (χ1) is 25.7. The highest BCUT2D eigenvalue weighted by Crippen LogP contribution is 2.36. The molecule has 0 radical (unpaired) electrons. The third kappa shape index (κ3) is 7.58. The van der Waals surface area contributed by atoms with Crippen LogP contribution >= 0.6 is 0 Å². The Labute approximate surface area is 305 Å². The molecule has 0 aliphatic rings. The van der Waals surface area contributed by atoms with Gasteiger partial charge in [-0.3, -0.25) is 0 Å². The molecule has 0 amide bonds. The number of rotatable bonds is 10. The van der Waals surface area contributed by atoms with Crippen LogP contribution in [0.1, 0.15) is 22.3 Å². The van der Waals surface area contributed by atoms with Crippen LogP contribution in [0.5, 0.6) is 0 Å². The summed E-state index contributed by atoms with van der Waals surface area (Å²) in [7, 11) is 0. The second kappa shape index (κ2) is 15.9. The molecule has 0 aromatic heterocycles. The third-order valence-electron chi connectivity index (χ3n) is 8.73. The average Bonchev–Trinajstić information content (AvgIpc) is 3.22. The first-order valence-electron chi connectivity index (χ1n) is 17.1. The zero-order valence-electron chi connectivity index (χ0n) is 28.4. The smallest absolute Gasteiger partial charge is 0.0998 e. The van der Waals surface area contributed by atoms with Crippen molar-refractivity contribution in [3.8, 4) is 12.1 Å². The summed E-state index contributed by atoms with van der Waals surface area (Å²) in [6, 6.07) is 69.8. The van der Waals surface area contributed by atoms with Crippen LogP contribution in [0, 0.1) is 22.7 Å².